The van der Waals surface area contributed by atoms with Crippen molar-refractivity contribution in [3.63, 3.8) is 0 Å². The molecule has 12 aromatic rings. The summed E-state index contributed by atoms with van der Waals surface area (Å²) in [5.41, 5.74) is 17.9. The van der Waals surface area contributed by atoms with Gasteiger partial charge in [-0.3, -0.25) is 0 Å². The molecule has 4 unspecified atom stereocenters. The highest BCUT2D eigenvalue weighted by Crippen LogP contribution is 2.39. The van der Waals surface area contributed by atoms with Gasteiger partial charge in [0.15, 0.2) is 0 Å². The lowest BCUT2D eigenvalue weighted by Crippen LogP contribution is -2.13. The smallest absolute Gasteiger partial charge is 0.0492 e. The lowest BCUT2D eigenvalue weighted by molar-refractivity contribution is 0.290. The number of nitrogens with zero attached hydrogens (tertiary/aromatic N) is 4. The van der Waals surface area contributed by atoms with Crippen LogP contribution in [-0.4, -0.2) is 18.3 Å². The number of hydrogen-bond acceptors (Lipinski definition) is 0. The van der Waals surface area contributed by atoms with Crippen LogP contribution in [0.15, 0.2) is 146 Å². The molecule has 104 heavy (non-hydrogen) atoms. The van der Waals surface area contributed by atoms with Crippen LogP contribution < -0.4 is 0 Å². The molecule has 0 N–H and O–H groups in total. The van der Waals surface area contributed by atoms with E-state index in [-0.39, 0.29) is 21.7 Å². The van der Waals surface area contributed by atoms with Crippen molar-refractivity contribution in [2.75, 3.05) is 0 Å². The Morgan fingerprint density at radius 3 is 0.481 bits per heavy atom. The number of aromatic nitrogens is 4. The number of benzene rings is 8. The fourth-order valence-electron chi connectivity index (χ4n) is 16.8. The summed E-state index contributed by atoms with van der Waals surface area (Å²) in [5.74, 6) is 55.9. The van der Waals surface area contributed by atoms with E-state index in [1.54, 1.807) is 0 Å². The van der Waals surface area contributed by atoms with Crippen molar-refractivity contribution in [1.82, 2.24) is 18.3 Å². The minimum atomic E-state index is 0.262. The molecule has 0 saturated carbocycles. The SMILES string of the molecule is CC(CCn1c2ccc3cc2c2cc(ccc21)C#CC#Cc1ccc2c(c1)c1cc(ccc1n2CCC(C)CC(C)(C)C)C#CC#Cc1ccc2c(c1)c1cc(ccc1n2CCC(C)CC(C)(C)C)C#CC#Cc1ccc2c(c1)c1cc(ccc1n2CCC(C)CC(C)(C)C)C#CC#C3)CC(C)(C)C. The number of fused-ring (bicyclic) bond motifs is 8. The zero-order valence-electron chi connectivity index (χ0n) is 64.4. The second-order valence-electron chi connectivity index (χ2n) is 35.1. The molecule has 0 fully saturated rings. The van der Waals surface area contributed by atoms with Crippen LogP contribution in [0.3, 0.4) is 0 Å². The monoisotopic (exact) mass is 1360 g/mol. The van der Waals surface area contributed by atoms with Gasteiger partial charge >= 0.3 is 0 Å². The molecule has 4 heterocycles. The summed E-state index contributed by atoms with van der Waals surface area (Å²) in [6, 6.07) is 53.0. The molecule has 0 saturated heterocycles. The molecule has 0 spiro atoms. The van der Waals surface area contributed by atoms with Gasteiger partial charge in [-0.1, -0.05) is 158 Å². The highest BCUT2D eigenvalue weighted by Gasteiger charge is 2.23. The van der Waals surface area contributed by atoms with E-state index in [0.717, 1.165) is 139 Å². The zero-order chi connectivity index (χ0) is 73.2. The third-order valence-electron chi connectivity index (χ3n) is 20.6. The first-order chi connectivity index (χ1) is 49.6. The highest BCUT2D eigenvalue weighted by molar-refractivity contribution is 6.12. The maximum absolute atomic E-state index is 3.44. The van der Waals surface area contributed by atoms with E-state index in [2.05, 4.69) is 369 Å². The third-order valence-corrected chi connectivity index (χ3v) is 20.6. The van der Waals surface area contributed by atoms with Gasteiger partial charge in [-0.15, -0.1) is 0 Å². The second kappa shape index (κ2) is 29.7. The van der Waals surface area contributed by atoms with Crippen LogP contribution in [0, 0.1) is 140 Å². The van der Waals surface area contributed by atoms with Crippen LogP contribution >= 0.6 is 0 Å². The van der Waals surface area contributed by atoms with Gasteiger partial charge in [0.1, 0.15) is 0 Å². The van der Waals surface area contributed by atoms with Crippen molar-refractivity contribution in [2.45, 2.75) is 188 Å². The summed E-state index contributed by atoms with van der Waals surface area (Å²) in [6.45, 7) is 41.3. The maximum atomic E-state index is 3.44. The van der Waals surface area contributed by atoms with Crippen LogP contribution in [0.4, 0.5) is 0 Å². The summed E-state index contributed by atoms with van der Waals surface area (Å²) < 4.78 is 9.98. The Morgan fingerprint density at radius 1 is 0.221 bits per heavy atom. The van der Waals surface area contributed by atoms with Gasteiger partial charge in [-0.25, -0.2) is 0 Å². The van der Waals surface area contributed by atoms with Crippen LogP contribution in [0.25, 0.3) is 87.2 Å². The molecule has 13 rings (SSSR count). The van der Waals surface area contributed by atoms with Crippen LogP contribution in [-0.2, 0) is 26.2 Å². The Hall–Kier alpha value is -10.6. The summed E-state index contributed by atoms with van der Waals surface area (Å²) in [7, 11) is 0. The minimum Gasteiger partial charge on any atom is -0.340 e. The Bertz CT molecular complexity index is 4880. The lowest BCUT2D eigenvalue weighted by Gasteiger charge is -2.23. The fraction of sp³-hybridized carbons (Fsp3) is 0.360. The van der Waals surface area contributed by atoms with Crippen molar-refractivity contribution in [1.29, 1.82) is 0 Å². The van der Waals surface area contributed by atoms with Crippen LogP contribution in [0.2, 0.25) is 0 Å². The molecule has 0 amide bonds. The van der Waals surface area contributed by atoms with Gasteiger partial charge < -0.3 is 18.3 Å². The van der Waals surface area contributed by atoms with Crippen LogP contribution in [0.1, 0.15) is 207 Å². The zero-order valence-corrected chi connectivity index (χ0v) is 64.4. The predicted molar refractivity (Wildman–Crippen MR) is 444 cm³/mol. The van der Waals surface area contributed by atoms with E-state index in [4.69, 9.17) is 0 Å². The van der Waals surface area contributed by atoms with E-state index >= 15 is 0 Å². The van der Waals surface area contributed by atoms with Gasteiger partial charge in [0.2, 0.25) is 0 Å². The summed E-state index contributed by atoms with van der Waals surface area (Å²) in [5, 5.41) is 9.24. The van der Waals surface area contributed by atoms with Gasteiger partial charge in [0, 0.05) is 158 Å². The van der Waals surface area contributed by atoms with Gasteiger partial charge in [0.05, 0.1) is 0 Å². The summed E-state index contributed by atoms with van der Waals surface area (Å²) in [6.07, 6.45) is 8.98. The molecular weight excluding hydrogens is 1260 g/mol. The molecule has 4 nitrogen and oxygen atoms in total. The van der Waals surface area contributed by atoms with Gasteiger partial charge in [0.25, 0.3) is 0 Å². The quantitative estimate of drug-likeness (QED) is 0.0859. The Labute approximate surface area is 620 Å². The molecule has 1 aliphatic rings. The average Bonchev–Trinajstić information content (AvgIpc) is 1.63. The van der Waals surface area contributed by atoms with E-state index < -0.39 is 0 Å². The maximum Gasteiger partial charge on any atom is 0.0492 e. The predicted octanol–water partition coefficient (Wildman–Crippen LogP) is 23.9. The Balaban J connectivity index is 0.923. The largest absolute Gasteiger partial charge is 0.340 e. The molecule has 4 atom stereocenters. The normalized spacial score (nSPS) is 13.7. The topological polar surface area (TPSA) is 19.7 Å². The molecule has 4 heteroatoms. The van der Waals surface area contributed by atoms with Crippen molar-refractivity contribution in [3.8, 4) is 94.7 Å². The molecular formula is C100H100N4. The first-order valence-corrected chi connectivity index (χ1v) is 37.9. The summed E-state index contributed by atoms with van der Waals surface area (Å²) >= 11 is 0. The number of aryl methyl sites for hydroxylation is 4. The van der Waals surface area contributed by atoms with Crippen molar-refractivity contribution in [2.24, 2.45) is 45.3 Å². The highest BCUT2D eigenvalue weighted by atomic mass is 15.0. The van der Waals surface area contributed by atoms with E-state index in [0.29, 0.717) is 23.7 Å². The standard InChI is InChI=1S/C100H100N4/c1-69(65-97(5,6)7)49-53-101-89-41-33-73-25-17-19-27-75-35-43-91-83(59-75)85-61-77(37-45-93(85)102(91)54-50-70(2)66-98(8,9)10)29-21-23-31-79-39-47-95-87(63-79)88-64-80(40-48-96(88)104(95)56-52-72(4)68-100(14,15)16)32-24-22-30-78-38-46-94-86(62-78)84-60-76(36-44-92(84)103(94)55-51-71(3)67-99(11,12)13)28-20-18-26-74-34-42-90(101)82(58-74)81(89)57-73/h33-48,57-64,69-72H,49-56,65-68H2,1-16H3. The van der Waals surface area contributed by atoms with Crippen molar-refractivity contribution < 1.29 is 0 Å². The average molecular weight is 1360 g/mol. The first kappa shape index (κ1) is 71.8. The Kier molecular flexibility index (Phi) is 20.5. The molecule has 520 valence electrons. The molecule has 16 bridgehead atoms. The molecule has 0 radical (unpaired) electrons. The Morgan fingerprint density at radius 2 is 0.356 bits per heavy atom. The first-order valence-electron chi connectivity index (χ1n) is 37.9. The second-order valence-corrected chi connectivity index (χ2v) is 35.1. The minimum absolute atomic E-state index is 0.262. The van der Waals surface area contributed by atoms with Crippen LogP contribution in [0.5, 0.6) is 0 Å². The van der Waals surface area contributed by atoms with Crippen molar-refractivity contribution in [3.05, 3.63) is 190 Å². The van der Waals surface area contributed by atoms with E-state index in [1.807, 2.05) is 0 Å². The van der Waals surface area contributed by atoms with E-state index in [1.165, 1.54) is 69.8 Å². The summed E-state index contributed by atoms with van der Waals surface area (Å²) in [4.78, 5) is 0. The lowest BCUT2D eigenvalue weighted by atomic mass is 9.84. The van der Waals surface area contributed by atoms with Crippen molar-refractivity contribution >= 4 is 87.2 Å². The fourth-order valence-corrected chi connectivity index (χ4v) is 16.8. The number of hydrogen-bond donors (Lipinski definition) is 0. The molecule has 8 aromatic carbocycles. The molecule has 1 aliphatic carbocycles. The van der Waals surface area contributed by atoms with E-state index in [9.17, 15) is 0 Å². The van der Waals surface area contributed by atoms with Gasteiger partial charge in [-0.2, -0.15) is 0 Å². The molecule has 0 aliphatic heterocycles. The molecule has 4 aromatic heterocycles. The number of rotatable bonds is 16. The third kappa shape index (κ3) is 17.1. The van der Waals surface area contributed by atoms with Gasteiger partial charge in [-0.05, 0) is 290 Å².